The fourth-order valence-electron chi connectivity index (χ4n) is 1.51. The molecule has 0 heterocycles. The van der Waals surface area contributed by atoms with Crippen LogP contribution in [0.5, 0.6) is 0 Å². The van der Waals surface area contributed by atoms with Crippen molar-refractivity contribution in [3.05, 3.63) is 0 Å². The molecule has 0 radical (unpaired) electrons. The zero-order chi connectivity index (χ0) is 13.3. The Balaban J connectivity index is 3.79. The zero-order valence-corrected chi connectivity index (χ0v) is 10.7. The molecule has 0 aromatic rings. The summed E-state index contributed by atoms with van der Waals surface area (Å²) in [6.07, 6.45) is -3.16. The summed E-state index contributed by atoms with van der Waals surface area (Å²) < 4.78 is 35.6. The van der Waals surface area contributed by atoms with Gasteiger partial charge in [-0.3, -0.25) is 4.79 Å². The van der Waals surface area contributed by atoms with Crippen LogP contribution in [0.1, 0.15) is 39.0 Å². The van der Waals surface area contributed by atoms with Crippen molar-refractivity contribution >= 4 is 17.5 Å². The molecule has 0 spiro atoms. The van der Waals surface area contributed by atoms with Gasteiger partial charge in [-0.2, -0.15) is 13.2 Å². The quantitative estimate of drug-likeness (QED) is 0.674. The van der Waals surface area contributed by atoms with Gasteiger partial charge in [0.1, 0.15) is 0 Å². The Morgan fingerprint density at radius 2 is 2.00 bits per heavy atom. The minimum absolute atomic E-state index is 0.257. The molecule has 1 unspecified atom stereocenters. The van der Waals surface area contributed by atoms with Crippen LogP contribution in [0.3, 0.4) is 0 Å². The number of hydrogen-bond donors (Lipinski definition) is 1. The van der Waals surface area contributed by atoms with Crippen LogP contribution >= 0.6 is 11.6 Å². The molecule has 0 aliphatic heterocycles. The molecule has 6 heteroatoms. The summed E-state index contributed by atoms with van der Waals surface area (Å²) in [5.74, 6) is 0.216. The maximum Gasteiger partial charge on any atom is 0.389 e. The van der Waals surface area contributed by atoms with Gasteiger partial charge in [0.25, 0.3) is 0 Å². The second-order valence-electron chi connectivity index (χ2n) is 4.05. The van der Waals surface area contributed by atoms with Crippen molar-refractivity contribution in [2.75, 3.05) is 12.4 Å². The maximum atomic E-state index is 11.9. The molecule has 0 saturated heterocycles. The second-order valence-corrected chi connectivity index (χ2v) is 4.43. The Bertz CT molecular complexity index is 215. The Morgan fingerprint density at radius 1 is 1.35 bits per heavy atom. The highest BCUT2D eigenvalue weighted by atomic mass is 35.5. The van der Waals surface area contributed by atoms with Gasteiger partial charge in [0.05, 0.1) is 6.42 Å². The van der Waals surface area contributed by atoms with Gasteiger partial charge in [-0.25, -0.2) is 0 Å². The second kappa shape index (κ2) is 8.61. The van der Waals surface area contributed by atoms with Crippen molar-refractivity contribution in [1.82, 2.24) is 5.32 Å². The van der Waals surface area contributed by atoms with E-state index in [0.717, 1.165) is 19.3 Å². The average Bonchev–Trinajstić information content (AvgIpc) is 2.23. The number of nitrogens with one attached hydrogen (secondary N) is 1. The average molecular weight is 274 g/mol. The van der Waals surface area contributed by atoms with Crippen LogP contribution in [0.25, 0.3) is 0 Å². The predicted octanol–water partition coefficient (Wildman–Crippen LogP) is 3.49. The van der Waals surface area contributed by atoms with Gasteiger partial charge in [0.15, 0.2) is 0 Å². The van der Waals surface area contributed by atoms with E-state index in [-0.39, 0.29) is 5.92 Å². The first-order valence-corrected chi connectivity index (χ1v) is 6.32. The van der Waals surface area contributed by atoms with E-state index in [9.17, 15) is 18.0 Å². The molecule has 0 saturated carbocycles. The highest BCUT2D eigenvalue weighted by Crippen LogP contribution is 2.21. The lowest BCUT2D eigenvalue weighted by molar-refractivity contribution is -0.144. The molecule has 0 aliphatic rings. The molecule has 0 aromatic carbocycles. The summed E-state index contributed by atoms with van der Waals surface area (Å²) in [7, 11) is 0. The standard InChI is InChI=1S/C11H19ClF3NO/c1-2-3-9(5-7-12)8-16-10(17)4-6-11(13,14)15/h9H,2-8H2,1H3,(H,16,17). The number of carbonyl (C=O) groups excluding carboxylic acids is 1. The number of amides is 1. The molecular formula is C11H19ClF3NO. The zero-order valence-electron chi connectivity index (χ0n) is 9.95. The highest BCUT2D eigenvalue weighted by Gasteiger charge is 2.27. The third kappa shape index (κ3) is 10.4. The van der Waals surface area contributed by atoms with Crippen LogP contribution in [0.4, 0.5) is 13.2 Å². The molecule has 17 heavy (non-hydrogen) atoms. The van der Waals surface area contributed by atoms with Gasteiger partial charge in [0.2, 0.25) is 5.91 Å². The number of hydrogen-bond acceptors (Lipinski definition) is 1. The number of alkyl halides is 4. The lowest BCUT2D eigenvalue weighted by Crippen LogP contribution is -2.30. The van der Waals surface area contributed by atoms with Gasteiger partial charge in [-0.15, -0.1) is 11.6 Å². The van der Waals surface area contributed by atoms with Gasteiger partial charge in [-0.1, -0.05) is 13.3 Å². The molecular weight excluding hydrogens is 255 g/mol. The Morgan fingerprint density at radius 3 is 2.47 bits per heavy atom. The summed E-state index contributed by atoms with van der Waals surface area (Å²) in [5.41, 5.74) is 0. The number of halogens is 4. The van der Waals surface area contributed by atoms with E-state index >= 15 is 0 Å². The molecule has 0 aromatic heterocycles. The summed E-state index contributed by atoms with van der Waals surface area (Å²) in [6.45, 7) is 2.43. The van der Waals surface area contributed by atoms with Crippen molar-refractivity contribution in [2.24, 2.45) is 5.92 Å². The van der Waals surface area contributed by atoms with Crippen LogP contribution < -0.4 is 5.32 Å². The van der Waals surface area contributed by atoms with Crippen LogP contribution in [0, 0.1) is 5.92 Å². The smallest absolute Gasteiger partial charge is 0.356 e. The number of carbonyl (C=O) groups is 1. The molecule has 0 rings (SSSR count). The Kier molecular flexibility index (Phi) is 8.39. The Hall–Kier alpha value is -0.450. The van der Waals surface area contributed by atoms with Crippen molar-refractivity contribution in [2.45, 2.75) is 45.2 Å². The van der Waals surface area contributed by atoms with Gasteiger partial charge in [0, 0.05) is 18.8 Å². The van der Waals surface area contributed by atoms with Crippen LogP contribution in [-0.4, -0.2) is 24.5 Å². The molecule has 2 nitrogen and oxygen atoms in total. The first-order valence-electron chi connectivity index (χ1n) is 5.78. The molecule has 0 bridgehead atoms. The first-order chi connectivity index (χ1) is 7.89. The third-order valence-corrected chi connectivity index (χ3v) is 2.66. The van der Waals surface area contributed by atoms with Crippen LogP contribution in [0.2, 0.25) is 0 Å². The third-order valence-electron chi connectivity index (χ3n) is 2.44. The molecule has 1 atom stereocenters. The van der Waals surface area contributed by atoms with Gasteiger partial charge < -0.3 is 5.32 Å². The van der Waals surface area contributed by atoms with E-state index in [4.69, 9.17) is 11.6 Å². The Labute approximate surface area is 105 Å². The predicted molar refractivity (Wildman–Crippen MR) is 62.0 cm³/mol. The van der Waals surface area contributed by atoms with Crippen molar-refractivity contribution in [3.8, 4) is 0 Å². The first kappa shape index (κ1) is 16.6. The molecule has 0 aliphatic carbocycles. The van der Waals surface area contributed by atoms with Crippen molar-refractivity contribution in [3.63, 3.8) is 0 Å². The van der Waals surface area contributed by atoms with Crippen LogP contribution in [-0.2, 0) is 4.79 Å². The fourth-order valence-corrected chi connectivity index (χ4v) is 1.82. The maximum absolute atomic E-state index is 11.9. The molecule has 0 fully saturated rings. The lowest BCUT2D eigenvalue weighted by atomic mass is 10.0. The van der Waals surface area contributed by atoms with E-state index in [1.165, 1.54) is 0 Å². The van der Waals surface area contributed by atoms with E-state index < -0.39 is 24.9 Å². The lowest BCUT2D eigenvalue weighted by Gasteiger charge is -2.15. The molecule has 1 N–H and O–H groups in total. The monoisotopic (exact) mass is 273 g/mol. The van der Waals surface area contributed by atoms with E-state index in [0.29, 0.717) is 12.4 Å². The van der Waals surface area contributed by atoms with Gasteiger partial charge >= 0.3 is 6.18 Å². The minimum atomic E-state index is -4.27. The van der Waals surface area contributed by atoms with Gasteiger partial charge in [-0.05, 0) is 18.8 Å². The summed E-state index contributed by atoms with van der Waals surface area (Å²) in [5, 5.41) is 2.53. The molecule has 102 valence electrons. The normalized spacial score (nSPS) is 13.5. The number of rotatable bonds is 8. The highest BCUT2D eigenvalue weighted by molar-refractivity contribution is 6.17. The minimum Gasteiger partial charge on any atom is -0.356 e. The summed E-state index contributed by atoms with van der Waals surface area (Å²) in [4.78, 5) is 11.2. The SMILES string of the molecule is CCCC(CCCl)CNC(=O)CCC(F)(F)F. The topological polar surface area (TPSA) is 29.1 Å². The summed E-state index contributed by atoms with van der Waals surface area (Å²) in [6, 6.07) is 0. The molecule has 1 amide bonds. The summed E-state index contributed by atoms with van der Waals surface area (Å²) >= 11 is 5.61. The van der Waals surface area contributed by atoms with Crippen molar-refractivity contribution in [1.29, 1.82) is 0 Å². The fraction of sp³-hybridized carbons (Fsp3) is 0.909. The van der Waals surface area contributed by atoms with E-state index in [1.807, 2.05) is 6.92 Å². The van der Waals surface area contributed by atoms with Crippen LogP contribution in [0.15, 0.2) is 0 Å². The van der Waals surface area contributed by atoms with Crippen molar-refractivity contribution < 1.29 is 18.0 Å². The van der Waals surface area contributed by atoms with E-state index in [2.05, 4.69) is 5.32 Å². The largest absolute Gasteiger partial charge is 0.389 e. The van der Waals surface area contributed by atoms with E-state index in [1.54, 1.807) is 0 Å².